The summed E-state index contributed by atoms with van der Waals surface area (Å²) in [4.78, 5) is 0. The van der Waals surface area contributed by atoms with E-state index in [9.17, 15) is 9.50 Å². The van der Waals surface area contributed by atoms with Crippen LogP contribution >= 0.6 is 0 Å². The third-order valence-electron chi connectivity index (χ3n) is 2.20. The maximum absolute atomic E-state index is 13.4. The van der Waals surface area contributed by atoms with E-state index in [1.165, 1.54) is 19.2 Å². The van der Waals surface area contributed by atoms with Crippen molar-refractivity contribution in [3.63, 3.8) is 0 Å². The summed E-state index contributed by atoms with van der Waals surface area (Å²) in [5.74, 6) is -0.0644. The molecule has 0 amide bonds. The smallest absolute Gasteiger partial charge is 0.132 e. The quantitative estimate of drug-likeness (QED) is 0.783. The third kappa shape index (κ3) is 3.18. The summed E-state index contributed by atoms with van der Waals surface area (Å²) < 4.78 is 18.3. The Morgan fingerprint density at radius 1 is 1.47 bits per heavy atom. The van der Waals surface area contributed by atoms with Gasteiger partial charge in [0.15, 0.2) is 0 Å². The van der Waals surface area contributed by atoms with Gasteiger partial charge in [-0.1, -0.05) is 0 Å². The zero-order valence-corrected chi connectivity index (χ0v) is 8.61. The minimum absolute atomic E-state index is 0.00513. The van der Waals surface area contributed by atoms with Crippen molar-refractivity contribution in [3.05, 3.63) is 29.6 Å². The second-order valence-corrected chi connectivity index (χ2v) is 3.27. The Morgan fingerprint density at radius 3 is 2.73 bits per heavy atom. The molecule has 0 aliphatic heterocycles. The molecule has 1 unspecified atom stereocenters. The van der Waals surface area contributed by atoms with Crippen LogP contribution in [0.5, 0.6) is 5.75 Å². The van der Waals surface area contributed by atoms with E-state index in [0.717, 1.165) is 0 Å². The van der Waals surface area contributed by atoms with Crippen molar-refractivity contribution in [3.8, 4) is 5.75 Å². The summed E-state index contributed by atoms with van der Waals surface area (Å²) in [5.41, 5.74) is 0.240. The minimum atomic E-state index is -0.872. The molecule has 0 aromatic heterocycles. The van der Waals surface area contributed by atoms with E-state index in [1.807, 2.05) is 0 Å². The van der Waals surface area contributed by atoms with Gasteiger partial charge in [0.2, 0.25) is 0 Å². The molecular weight excluding hydrogens is 199 g/mol. The van der Waals surface area contributed by atoms with Crippen LogP contribution in [0.25, 0.3) is 0 Å². The van der Waals surface area contributed by atoms with Crippen molar-refractivity contribution in [2.45, 2.75) is 18.9 Å². The highest BCUT2D eigenvalue weighted by Crippen LogP contribution is 2.24. The van der Waals surface area contributed by atoms with Gasteiger partial charge < -0.3 is 14.9 Å². The molecule has 0 fully saturated rings. The van der Waals surface area contributed by atoms with Gasteiger partial charge in [-0.05, 0) is 25.0 Å². The Kier molecular flexibility index (Phi) is 4.52. The summed E-state index contributed by atoms with van der Waals surface area (Å²) in [5, 5.41) is 18.2. The molecule has 0 aliphatic carbocycles. The molecule has 3 nitrogen and oxygen atoms in total. The van der Waals surface area contributed by atoms with Crippen molar-refractivity contribution in [1.82, 2.24) is 0 Å². The van der Waals surface area contributed by atoms with Gasteiger partial charge in [0.1, 0.15) is 11.6 Å². The van der Waals surface area contributed by atoms with Crippen LogP contribution in [-0.4, -0.2) is 23.9 Å². The van der Waals surface area contributed by atoms with Gasteiger partial charge in [-0.2, -0.15) is 0 Å². The van der Waals surface area contributed by atoms with Crippen LogP contribution in [0.1, 0.15) is 24.5 Å². The van der Waals surface area contributed by atoms with Gasteiger partial charge in [-0.15, -0.1) is 0 Å². The average molecular weight is 214 g/mol. The normalized spacial score (nSPS) is 12.5. The summed E-state index contributed by atoms with van der Waals surface area (Å²) in [7, 11) is 1.45. The molecule has 1 rings (SSSR count). The fourth-order valence-electron chi connectivity index (χ4n) is 1.35. The predicted molar refractivity (Wildman–Crippen MR) is 54.2 cm³/mol. The molecule has 4 heteroatoms. The van der Waals surface area contributed by atoms with Crippen LogP contribution in [0, 0.1) is 5.82 Å². The van der Waals surface area contributed by atoms with Crippen LogP contribution in [0.2, 0.25) is 0 Å². The summed E-state index contributed by atoms with van der Waals surface area (Å²) in [6, 6.07) is 4.33. The fourth-order valence-corrected chi connectivity index (χ4v) is 1.35. The van der Waals surface area contributed by atoms with E-state index in [1.54, 1.807) is 6.07 Å². The molecule has 0 saturated carbocycles. The molecular formula is C11H15FO3. The fraction of sp³-hybridized carbons (Fsp3) is 0.455. The number of benzene rings is 1. The first-order valence-corrected chi connectivity index (χ1v) is 4.81. The number of rotatable bonds is 5. The third-order valence-corrected chi connectivity index (χ3v) is 2.20. The maximum Gasteiger partial charge on any atom is 0.132 e. The Hall–Kier alpha value is -1.13. The summed E-state index contributed by atoms with van der Waals surface area (Å²) in [6.07, 6.45) is -0.0742. The molecule has 15 heavy (non-hydrogen) atoms. The van der Waals surface area contributed by atoms with E-state index in [-0.39, 0.29) is 12.2 Å². The van der Waals surface area contributed by atoms with Crippen molar-refractivity contribution in [2.75, 3.05) is 13.7 Å². The van der Waals surface area contributed by atoms with Crippen molar-refractivity contribution >= 4 is 0 Å². The zero-order chi connectivity index (χ0) is 11.3. The van der Waals surface area contributed by atoms with Crippen molar-refractivity contribution in [2.24, 2.45) is 0 Å². The number of hydrogen-bond acceptors (Lipinski definition) is 3. The van der Waals surface area contributed by atoms with E-state index in [2.05, 4.69) is 0 Å². The van der Waals surface area contributed by atoms with Gasteiger partial charge in [-0.25, -0.2) is 4.39 Å². The van der Waals surface area contributed by atoms with E-state index in [4.69, 9.17) is 9.84 Å². The minimum Gasteiger partial charge on any atom is -0.497 e. The highest BCUT2D eigenvalue weighted by molar-refractivity contribution is 5.30. The Morgan fingerprint density at radius 2 is 2.20 bits per heavy atom. The highest BCUT2D eigenvalue weighted by atomic mass is 19.1. The number of ether oxygens (including phenoxy) is 1. The molecule has 0 radical (unpaired) electrons. The van der Waals surface area contributed by atoms with Gasteiger partial charge in [0.05, 0.1) is 13.2 Å². The highest BCUT2D eigenvalue weighted by Gasteiger charge is 2.12. The zero-order valence-electron chi connectivity index (χ0n) is 8.61. The molecule has 1 aromatic rings. The Bertz CT molecular complexity index is 315. The topological polar surface area (TPSA) is 49.7 Å². The number of aliphatic hydroxyl groups excluding tert-OH is 2. The lowest BCUT2D eigenvalue weighted by Gasteiger charge is -2.11. The largest absolute Gasteiger partial charge is 0.497 e. The number of hydrogen-bond donors (Lipinski definition) is 2. The van der Waals surface area contributed by atoms with Gasteiger partial charge >= 0.3 is 0 Å². The van der Waals surface area contributed by atoms with Gasteiger partial charge in [0, 0.05) is 18.2 Å². The van der Waals surface area contributed by atoms with Crippen LogP contribution in [0.15, 0.2) is 18.2 Å². The Balaban J connectivity index is 2.76. The molecule has 1 aromatic carbocycles. The molecule has 0 heterocycles. The summed E-state index contributed by atoms with van der Waals surface area (Å²) in [6.45, 7) is -0.00513. The lowest BCUT2D eigenvalue weighted by atomic mass is 10.0. The first-order valence-electron chi connectivity index (χ1n) is 4.81. The Labute approximate surface area is 88.1 Å². The monoisotopic (exact) mass is 214 g/mol. The van der Waals surface area contributed by atoms with Crippen LogP contribution in [0.4, 0.5) is 4.39 Å². The second kappa shape index (κ2) is 5.68. The molecule has 0 spiro atoms. The SMILES string of the molecule is COc1ccc(C(O)CCCO)c(F)c1. The maximum atomic E-state index is 13.4. The first kappa shape index (κ1) is 11.9. The number of halogens is 1. The molecule has 2 N–H and O–H groups in total. The van der Waals surface area contributed by atoms with E-state index in [0.29, 0.717) is 18.6 Å². The van der Waals surface area contributed by atoms with Crippen LogP contribution < -0.4 is 4.74 Å². The lowest BCUT2D eigenvalue weighted by Crippen LogP contribution is -2.02. The first-order chi connectivity index (χ1) is 7.19. The van der Waals surface area contributed by atoms with E-state index < -0.39 is 11.9 Å². The molecule has 1 atom stereocenters. The molecule has 0 aliphatic rings. The van der Waals surface area contributed by atoms with Crippen LogP contribution in [0.3, 0.4) is 0 Å². The lowest BCUT2D eigenvalue weighted by molar-refractivity contribution is 0.147. The van der Waals surface area contributed by atoms with Gasteiger partial charge in [-0.3, -0.25) is 0 Å². The van der Waals surface area contributed by atoms with Crippen molar-refractivity contribution in [1.29, 1.82) is 0 Å². The predicted octanol–water partition coefficient (Wildman–Crippen LogP) is 1.64. The molecule has 84 valence electrons. The standard InChI is InChI=1S/C11H15FO3/c1-15-8-4-5-9(10(12)7-8)11(14)3-2-6-13/h4-5,7,11,13-14H,2-3,6H2,1H3. The van der Waals surface area contributed by atoms with Gasteiger partial charge in [0.25, 0.3) is 0 Å². The average Bonchev–Trinajstić information content (AvgIpc) is 2.25. The van der Waals surface area contributed by atoms with E-state index >= 15 is 0 Å². The number of methoxy groups -OCH3 is 1. The molecule has 0 saturated heterocycles. The second-order valence-electron chi connectivity index (χ2n) is 3.27. The van der Waals surface area contributed by atoms with Crippen molar-refractivity contribution < 1.29 is 19.3 Å². The number of aliphatic hydroxyl groups is 2. The van der Waals surface area contributed by atoms with Crippen LogP contribution in [-0.2, 0) is 0 Å². The summed E-state index contributed by atoms with van der Waals surface area (Å²) >= 11 is 0. The molecule has 0 bridgehead atoms.